The lowest BCUT2D eigenvalue weighted by Crippen LogP contribution is -2.51. The Hall–Kier alpha value is -2.86. The molecule has 2 aliphatic heterocycles. The Morgan fingerprint density at radius 1 is 1.25 bits per heavy atom. The number of nitrogens with one attached hydrogen (secondary N) is 2. The highest BCUT2D eigenvalue weighted by atomic mass is 35.5. The highest BCUT2D eigenvalue weighted by molar-refractivity contribution is 7.22. The third-order valence-electron chi connectivity index (χ3n) is 6.84. The highest BCUT2D eigenvalue weighted by Gasteiger charge is 2.26. The summed E-state index contributed by atoms with van der Waals surface area (Å²) in [6, 6.07) is 4.84. The SMILES string of the molecule is CN1CCC[C@H]1COc1nc(NC2CNC2)c2cc(Cl)c(-c3ccc(F)c4sc(N)nc34)c(F)c2n1. The second-order valence-corrected chi connectivity index (χ2v) is 10.6. The number of benzene rings is 2. The third kappa shape index (κ3) is 4.09. The number of nitrogen functional groups attached to an aromatic ring is 1. The predicted octanol–water partition coefficient (Wildman–Crippen LogP) is 4.28. The van der Waals surface area contributed by atoms with Crippen LogP contribution in [0.25, 0.3) is 32.2 Å². The van der Waals surface area contributed by atoms with Crippen molar-refractivity contribution in [1.29, 1.82) is 0 Å². The molecule has 2 aromatic carbocycles. The molecule has 0 saturated carbocycles. The van der Waals surface area contributed by atoms with Crippen LogP contribution in [-0.4, -0.2) is 65.2 Å². The molecule has 4 heterocycles. The topological polar surface area (TPSA) is 101 Å². The summed E-state index contributed by atoms with van der Waals surface area (Å²) in [4.78, 5) is 15.5. The van der Waals surface area contributed by atoms with E-state index in [2.05, 4.69) is 37.5 Å². The number of likely N-dealkylation sites (tertiary alicyclic amines) is 1. The van der Waals surface area contributed by atoms with Crippen molar-refractivity contribution in [3.05, 3.63) is 34.9 Å². The monoisotopic (exact) mass is 531 g/mol. The van der Waals surface area contributed by atoms with Crippen LogP contribution >= 0.6 is 22.9 Å². The van der Waals surface area contributed by atoms with Gasteiger partial charge in [-0.3, -0.25) is 0 Å². The zero-order valence-corrected chi connectivity index (χ0v) is 21.0. The van der Waals surface area contributed by atoms with Crippen molar-refractivity contribution < 1.29 is 13.5 Å². The van der Waals surface area contributed by atoms with Gasteiger partial charge in [-0.15, -0.1) is 0 Å². The van der Waals surface area contributed by atoms with E-state index in [1.165, 1.54) is 12.1 Å². The first-order valence-corrected chi connectivity index (χ1v) is 12.9. The summed E-state index contributed by atoms with van der Waals surface area (Å²) >= 11 is 7.63. The molecule has 2 saturated heterocycles. The van der Waals surface area contributed by atoms with E-state index in [9.17, 15) is 4.39 Å². The van der Waals surface area contributed by atoms with Crippen molar-refractivity contribution in [1.82, 2.24) is 25.2 Å². The van der Waals surface area contributed by atoms with Crippen LogP contribution in [0.5, 0.6) is 6.01 Å². The smallest absolute Gasteiger partial charge is 0.319 e. The second-order valence-electron chi connectivity index (χ2n) is 9.21. The molecule has 188 valence electrons. The van der Waals surface area contributed by atoms with Crippen molar-refractivity contribution in [2.75, 3.05) is 44.3 Å². The first-order chi connectivity index (χ1) is 17.4. The summed E-state index contributed by atoms with van der Waals surface area (Å²) in [7, 11) is 2.06. The van der Waals surface area contributed by atoms with E-state index in [0.717, 1.165) is 43.8 Å². The molecule has 6 rings (SSSR count). The minimum absolute atomic E-state index is 0.0645. The molecule has 8 nitrogen and oxygen atoms in total. The average Bonchev–Trinajstić information content (AvgIpc) is 3.42. The molecular weight excluding hydrogens is 508 g/mol. The summed E-state index contributed by atoms with van der Waals surface area (Å²) in [6.45, 7) is 2.95. The van der Waals surface area contributed by atoms with Crippen molar-refractivity contribution in [2.24, 2.45) is 0 Å². The maximum Gasteiger partial charge on any atom is 0.319 e. The Labute approximate surface area is 214 Å². The number of fused-ring (bicyclic) bond motifs is 2. The van der Waals surface area contributed by atoms with Gasteiger partial charge in [0.1, 0.15) is 23.8 Å². The van der Waals surface area contributed by atoms with Gasteiger partial charge < -0.3 is 26.0 Å². The Kier molecular flexibility index (Phi) is 6.03. The second kappa shape index (κ2) is 9.22. The van der Waals surface area contributed by atoms with Gasteiger partial charge in [0.15, 0.2) is 10.9 Å². The van der Waals surface area contributed by atoms with Crippen LogP contribution in [0.2, 0.25) is 5.02 Å². The zero-order valence-electron chi connectivity index (χ0n) is 19.4. The third-order valence-corrected chi connectivity index (χ3v) is 8.03. The van der Waals surface area contributed by atoms with Gasteiger partial charge in [0.25, 0.3) is 0 Å². The molecule has 4 aromatic rings. The fourth-order valence-corrected chi connectivity index (χ4v) is 5.79. The number of ether oxygens (including phenoxy) is 1. The standard InChI is InChI=1S/C24H24ClF2N7OS/c1-34-6-2-3-12(34)10-35-24-32-19-14(22(33-24)30-11-8-29-9-11)7-15(25)17(18(19)27)13-4-5-16(26)21-20(13)31-23(28)36-21/h4-5,7,11-12,29H,2-3,6,8-10H2,1H3,(H2,28,31)(H,30,32,33)/t12-/m0/s1. The van der Waals surface area contributed by atoms with Gasteiger partial charge in [0.2, 0.25) is 0 Å². The van der Waals surface area contributed by atoms with E-state index in [0.29, 0.717) is 23.4 Å². The van der Waals surface area contributed by atoms with Crippen LogP contribution in [0.1, 0.15) is 12.8 Å². The molecule has 2 fully saturated rings. The quantitative estimate of drug-likeness (QED) is 0.339. The molecule has 4 N–H and O–H groups in total. The molecule has 2 aliphatic rings. The Balaban J connectivity index is 1.48. The van der Waals surface area contributed by atoms with Gasteiger partial charge in [-0.1, -0.05) is 22.9 Å². The molecule has 1 atom stereocenters. The van der Waals surface area contributed by atoms with Crippen molar-refractivity contribution >= 4 is 55.0 Å². The molecule has 0 spiro atoms. The Bertz CT molecular complexity index is 1480. The van der Waals surface area contributed by atoms with Crippen LogP contribution in [0, 0.1) is 11.6 Å². The van der Waals surface area contributed by atoms with Gasteiger partial charge in [0, 0.05) is 35.6 Å². The number of hydrogen-bond donors (Lipinski definition) is 3. The molecule has 0 aliphatic carbocycles. The fourth-order valence-electron chi connectivity index (χ4n) is 4.74. The molecular formula is C24H24ClF2N7OS. The molecule has 0 bridgehead atoms. The van der Waals surface area contributed by atoms with Crippen molar-refractivity contribution in [3.8, 4) is 17.1 Å². The number of anilines is 2. The molecule has 0 unspecified atom stereocenters. The van der Waals surface area contributed by atoms with Gasteiger partial charge in [-0.05, 0) is 44.6 Å². The van der Waals surface area contributed by atoms with E-state index in [-0.39, 0.29) is 49.5 Å². The number of likely N-dealkylation sites (N-methyl/N-ethyl adjacent to an activating group) is 1. The predicted molar refractivity (Wildman–Crippen MR) is 139 cm³/mol. The molecule has 12 heteroatoms. The molecule has 0 radical (unpaired) electrons. The van der Waals surface area contributed by atoms with Crippen LogP contribution in [0.15, 0.2) is 18.2 Å². The summed E-state index contributed by atoms with van der Waals surface area (Å²) < 4.78 is 36.8. The summed E-state index contributed by atoms with van der Waals surface area (Å²) in [5.74, 6) is -0.677. The molecule has 2 aromatic heterocycles. The lowest BCUT2D eigenvalue weighted by molar-refractivity contribution is 0.188. The summed E-state index contributed by atoms with van der Waals surface area (Å²) in [5.41, 5.74) is 6.58. The van der Waals surface area contributed by atoms with E-state index >= 15 is 4.39 Å². The first kappa shape index (κ1) is 23.5. The number of halogens is 3. The lowest BCUT2D eigenvalue weighted by atomic mass is 10.0. The van der Waals surface area contributed by atoms with Gasteiger partial charge in [0.05, 0.1) is 21.3 Å². The molecule has 36 heavy (non-hydrogen) atoms. The van der Waals surface area contributed by atoms with Gasteiger partial charge in [-0.25, -0.2) is 13.8 Å². The summed E-state index contributed by atoms with van der Waals surface area (Å²) in [5, 5.41) is 7.31. The number of nitrogens with two attached hydrogens (primary N) is 1. The van der Waals surface area contributed by atoms with Crippen molar-refractivity contribution in [3.63, 3.8) is 0 Å². The number of rotatable bonds is 6. The molecule has 0 amide bonds. The maximum absolute atomic E-state index is 16.2. The zero-order chi connectivity index (χ0) is 25.0. The van der Waals surface area contributed by atoms with Gasteiger partial charge >= 0.3 is 6.01 Å². The first-order valence-electron chi connectivity index (χ1n) is 11.7. The number of aromatic nitrogens is 3. The minimum atomic E-state index is -0.656. The number of hydrogen-bond acceptors (Lipinski definition) is 9. The Morgan fingerprint density at radius 3 is 2.81 bits per heavy atom. The van der Waals surface area contributed by atoms with Crippen LogP contribution in [0.3, 0.4) is 0 Å². The summed E-state index contributed by atoms with van der Waals surface area (Å²) in [6.07, 6.45) is 2.13. The van der Waals surface area contributed by atoms with Gasteiger partial charge in [-0.2, -0.15) is 9.97 Å². The minimum Gasteiger partial charge on any atom is -0.462 e. The fraction of sp³-hybridized carbons (Fsp3) is 0.375. The average molecular weight is 532 g/mol. The van der Waals surface area contributed by atoms with E-state index < -0.39 is 11.6 Å². The number of thiazole rings is 1. The maximum atomic E-state index is 16.2. The van der Waals surface area contributed by atoms with E-state index in [4.69, 9.17) is 22.1 Å². The van der Waals surface area contributed by atoms with Crippen molar-refractivity contribution in [2.45, 2.75) is 24.9 Å². The number of nitrogens with zero attached hydrogens (tertiary/aromatic N) is 4. The lowest BCUT2D eigenvalue weighted by Gasteiger charge is -2.29. The normalized spacial score (nSPS) is 18.7. The largest absolute Gasteiger partial charge is 0.462 e. The van der Waals surface area contributed by atoms with E-state index in [1.807, 2.05) is 0 Å². The van der Waals surface area contributed by atoms with Crippen LogP contribution < -0.4 is 21.1 Å². The highest BCUT2D eigenvalue weighted by Crippen LogP contribution is 2.42. The van der Waals surface area contributed by atoms with Crippen LogP contribution in [-0.2, 0) is 0 Å². The van der Waals surface area contributed by atoms with E-state index in [1.54, 1.807) is 6.07 Å². The Morgan fingerprint density at radius 2 is 2.08 bits per heavy atom. The van der Waals surface area contributed by atoms with Crippen LogP contribution in [0.4, 0.5) is 19.7 Å².